The van der Waals surface area contributed by atoms with Gasteiger partial charge < -0.3 is 14.8 Å². The second kappa shape index (κ2) is 6.65. The Hall–Kier alpha value is -1.43. The van der Waals surface area contributed by atoms with E-state index >= 15 is 0 Å². The van der Waals surface area contributed by atoms with Crippen LogP contribution in [0.4, 0.5) is 13.2 Å². The van der Waals surface area contributed by atoms with Gasteiger partial charge in [0.15, 0.2) is 18.1 Å². The zero-order valence-corrected chi connectivity index (χ0v) is 11.2. The average molecular weight is 277 g/mol. The number of para-hydroxylation sites is 1. The van der Waals surface area contributed by atoms with Crippen molar-refractivity contribution in [1.82, 2.24) is 5.32 Å². The first kappa shape index (κ1) is 15.6. The molecule has 1 N–H and O–H groups in total. The van der Waals surface area contributed by atoms with Crippen molar-refractivity contribution in [3.05, 3.63) is 23.8 Å². The lowest BCUT2D eigenvalue weighted by atomic mass is 10.1. The lowest BCUT2D eigenvalue weighted by molar-refractivity contribution is -0.153. The van der Waals surface area contributed by atoms with Crippen LogP contribution in [0.5, 0.6) is 11.5 Å². The molecular formula is C13H18F3NO2. The van der Waals surface area contributed by atoms with Gasteiger partial charge in [0, 0.05) is 18.2 Å². The summed E-state index contributed by atoms with van der Waals surface area (Å²) in [4.78, 5) is 0. The summed E-state index contributed by atoms with van der Waals surface area (Å²) in [6, 6.07) is 5.23. The van der Waals surface area contributed by atoms with Crippen molar-refractivity contribution in [2.75, 3.05) is 13.7 Å². The highest BCUT2D eigenvalue weighted by molar-refractivity contribution is 5.46. The Labute approximate surface area is 110 Å². The smallest absolute Gasteiger partial charge is 0.422 e. The maximum Gasteiger partial charge on any atom is 0.422 e. The number of methoxy groups -OCH3 is 1. The summed E-state index contributed by atoms with van der Waals surface area (Å²) in [6.07, 6.45) is -4.37. The molecule has 19 heavy (non-hydrogen) atoms. The van der Waals surface area contributed by atoms with Crippen LogP contribution in [0.1, 0.15) is 19.4 Å². The van der Waals surface area contributed by atoms with E-state index in [2.05, 4.69) is 5.32 Å². The molecule has 6 heteroatoms. The molecule has 0 bridgehead atoms. The highest BCUT2D eigenvalue weighted by Crippen LogP contribution is 2.32. The molecule has 108 valence electrons. The van der Waals surface area contributed by atoms with Crippen LogP contribution in [0.25, 0.3) is 0 Å². The van der Waals surface area contributed by atoms with E-state index in [1.54, 1.807) is 18.2 Å². The fraction of sp³-hybridized carbons (Fsp3) is 0.538. The molecule has 0 fully saturated rings. The Bertz CT molecular complexity index is 405. The number of nitrogens with one attached hydrogen (secondary N) is 1. The standard InChI is InChI=1S/C13H18F3NO2/c1-9(2)17-7-10-5-4-6-11(18-3)12(10)19-8-13(14,15)16/h4-6,9,17H,7-8H2,1-3H3. The quantitative estimate of drug-likeness (QED) is 0.866. The predicted molar refractivity (Wildman–Crippen MR) is 66.5 cm³/mol. The maximum atomic E-state index is 12.2. The molecular weight excluding hydrogens is 259 g/mol. The number of ether oxygens (including phenoxy) is 2. The van der Waals surface area contributed by atoms with Crippen molar-refractivity contribution in [1.29, 1.82) is 0 Å². The van der Waals surface area contributed by atoms with E-state index in [0.717, 1.165) is 0 Å². The van der Waals surface area contributed by atoms with Gasteiger partial charge in [0.1, 0.15) is 0 Å². The molecule has 1 aromatic rings. The lowest BCUT2D eigenvalue weighted by Crippen LogP contribution is -2.24. The van der Waals surface area contributed by atoms with Gasteiger partial charge in [0.25, 0.3) is 0 Å². The van der Waals surface area contributed by atoms with E-state index in [-0.39, 0.29) is 11.8 Å². The largest absolute Gasteiger partial charge is 0.493 e. The summed E-state index contributed by atoms with van der Waals surface area (Å²) in [5.41, 5.74) is 0.636. The van der Waals surface area contributed by atoms with Crippen LogP contribution in [0.2, 0.25) is 0 Å². The van der Waals surface area contributed by atoms with Crippen molar-refractivity contribution in [3.63, 3.8) is 0 Å². The Balaban J connectivity index is 2.89. The van der Waals surface area contributed by atoms with Crippen molar-refractivity contribution >= 4 is 0 Å². The second-order valence-corrected chi connectivity index (χ2v) is 4.39. The first-order chi connectivity index (χ1) is 8.83. The molecule has 0 aliphatic rings. The number of rotatable bonds is 6. The molecule has 1 rings (SSSR count). The van der Waals surface area contributed by atoms with E-state index in [9.17, 15) is 13.2 Å². The molecule has 0 aliphatic carbocycles. The highest BCUT2D eigenvalue weighted by Gasteiger charge is 2.29. The molecule has 0 radical (unpaired) electrons. The molecule has 0 aliphatic heterocycles. The fourth-order valence-corrected chi connectivity index (χ4v) is 1.49. The van der Waals surface area contributed by atoms with Gasteiger partial charge in [-0.2, -0.15) is 13.2 Å². The third kappa shape index (κ3) is 5.38. The van der Waals surface area contributed by atoms with Gasteiger partial charge >= 0.3 is 6.18 Å². The SMILES string of the molecule is COc1cccc(CNC(C)C)c1OCC(F)(F)F. The van der Waals surface area contributed by atoms with Crippen LogP contribution in [0, 0.1) is 0 Å². The molecule has 0 saturated carbocycles. The summed E-state index contributed by atoms with van der Waals surface area (Å²) in [6.45, 7) is 3.00. The first-order valence-electron chi connectivity index (χ1n) is 5.92. The van der Waals surface area contributed by atoms with Crippen LogP contribution in [0.15, 0.2) is 18.2 Å². The first-order valence-corrected chi connectivity index (χ1v) is 5.92. The second-order valence-electron chi connectivity index (χ2n) is 4.39. The molecule has 0 spiro atoms. The minimum absolute atomic E-state index is 0.135. The molecule has 1 aromatic carbocycles. The van der Waals surface area contributed by atoms with Gasteiger partial charge in [-0.15, -0.1) is 0 Å². The molecule has 0 unspecified atom stereocenters. The van der Waals surface area contributed by atoms with E-state index in [1.807, 2.05) is 13.8 Å². The van der Waals surface area contributed by atoms with Crippen LogP contribution >= 0.6 is 0 Å². The van der Waals surface area contributed by atoms with E-state index in [1.165, 1.54) is 7.11 Å². The normalized spacial score (nSPS) is 11.7. The minimum Gasteiger partial charge on any atom is -0.493 e. The van der Waals surface area contributed by atoms with Crippen LogP contribution in [-0.2, 0) is 6.54 Å². The number of hydrogen-bond acceptors (Lipinski definition) is 3. The molecule has 0 aromatic heterocycles. The molecule has 0 saturated heterocycles. The van der Waals surface area contributed by atoms with Crippen molar-refractivity contribution in [3.8, 4) is 11.5 Å². The van der Waals surface area contributed by atoms with Gasteiger partial charge in [0.2, 0.25) is 0 Å². The summed E-state index contributed by atoms with van der Waals surface area (Å²) in [7, 11) is 1.40. The minimum atomic E-state index is -4.37. The highest BCUT2D eigenvalue weighted by atomic mass is 19.4. The van der Waals surface area contributed by atoms with Gasteiger partial charge in [0.05, 0.1) is 7.11 Å². The van der Waals surface area contributed by atoms with Gasteiger partial charge in [-0.25, -0.2) is 0 Å². The third-order valence-corrected chi connectivity index (χ3v) is 2.36. The summed E-state index contributed by atoms with van der Waals surface area (Å²) < 4.78 is 46.6. The summed E-state index contributed by atoms with van der Waals surface area (Å²) >= 11 is 0. The van der Waals surface area contributed by atoms with Crippen molar-refractivity contribution in [2.24, 2.45) is 0 Å². The fourth-order valence-electron chi connectivity index (χ4n) is 1.49. The lowest BCUT2D eigenvalue weighted by Gasteiger charge is -2.17. The number of halogens is 3. The van der Waals surface area contributed by atoms with E-state index in [0.29, 0.717) is 17.9 Å². The Morgan fingerprint density at radius 2 is 1.95 bits per heavy atom. The zero-order chi connectivity index (χ0) is 14.5. The van der Waals surface area contributed by atoms with E-state index in [4.69, 9.17) is 9.47 Å². The Kier molecular flexibility index (Phi) is 5.47. The molecule has 0 atom stereocenters. The maximum absolute atomic E-state index is 12.2. The Morgan fingerprint density at radius 1 is 1.26 bits per heavy atom. The molecule has 0 amide bonds. The summed E-state index contributed by atoms with van der Waals surface area (Å²) in [5.74, 6) is 0.433. The Morgan fingerprint density at radius 3 is 2.47 bits per heavy atom. The predicted octanol–water partition coefficient (Wildman–Crippen LogP) is 3.13. The van der Waals surface area contributed by atoms with Crippen LogP contribution in [0.3, 0.4) is 0 Å². The number of benzene rings is 1. The molecule has 3 nitrogen and oxygen atoms in total. The number of alkyl halides is 3. The van der Waals surface area contributed by atoms with E-state index < -0.39 is 12.8 Å². The monoisotopic (exact) mass is 277 g/mol. The zero-order valence-electron chi connectivity index (χ0n) is 11.2. The van der Waals surface area contributed by atoms with Crippen molar-refractivity contribution in [2.45, 2.75) is 32.6 Å². The average Bonchev–Trinajstić information content (AvgIpc) is 2.32. The topological polar surface area (TPSA) is 30.5 Å². The summed E-state index contributed by atoms with van der Waals surface area (Å²) in [5, 5.41) is 3.13. The van der Waals surface area contributed by atoms with Crippen LogP contribution < -0.4 is 14.8 Å². The number of hydrogen-bond donors (Lipinski definition) is 1. The van der Waals surface area contributed by atoms with Gasteiger partial charge in [-0.05, 0) is 6.07 Å². The van der Waals surface area contributed by atoms with Gasteiger partial charge in [-0.1, -0.05) is 26.0 Å². The third-order valence-electron chi connectivity index (χ3n) is 2.36. The van der Waals surface area contributed by atoms with Crippen LogP contribution in [-0.4, -0.2) is 25.9 Å². The van der Waals surface area contributed by atoms with Gasteiger partial charge in [-0.3, -0.25) is 0 Å². The van der Waals surface area contributed by atoms with Crippen molar-refractivity contribution < 1.29 is 22.6 Å². The molecule has 0 heterocycles.